The van der Waals surface area contributed by atoms with Gasteiger partial charge < -0.3 is 14.2 Å². The maximum absolute atomic E-state index is 12.8. The number of rotatable bonds is 53. The van der Waals surface area contributed by atoms with Gasteiger partial charge in [0.1, 0.15) is 13.2 Å². The van der Waals surface area contributed by atoms with Gasteiger partial charge in [0.25, 0.3) is 0 Å². The Balaban J connectivity index is 4.27. The summed E-state index contributed by atoms with van der Waals surface area (Å²) in [6.45, 7) is 9.07. The zero-order valence-electron chi connectivity index (χ0n) is 43.8. The molecule has 0 saturated carbocycles. The number of ether oxygens (including phenoxy) is 3. The lowest BCUT2D eigenvalue weighted by atomic mass is 10.0. The van der Waals surface area contributed by atoms with Gasteiger partial charge >= 0.3 is 17.9 Å². The summed E-state index contributed by atoms with van der Waals surface area (Å²) in [7, 11) is 0. The summed E-state index contributed by atoms with van der Waals surface area (Å²) in [4.78, 5) is 38.1. The van der Waals surface area contributed by atoms with E-state index in [0.717, 1.165) is 63.7 Å². The van der Waals surface area contributed by atoms with Crippen molar-refractivity contribution in [1.29, 1.82) is 0 Å². The van der Waals surface area contributed by atoms with Gasteiger partial charge in [-0.15, -0.1) is 0 Å². The quantitative estimate of drug-likeness (QED) is 0.0344. The predicted octanol–water partition coefficient (Wildman–Crippen LogP) is 19.0. The first-order valence-corrected chi connectivity index (χ1v) is 28.9. The minimum absolute atomic E-state index is 0.0618. The molecular weight excluding hydrogens is 793 g/mol. The largest absolute Gasteiger partial charge is 0.462 e. The molecule has 0 radical (unpaired) electrons. The summed E-state index contributed by atoms with van der Waals surface area (Å²) < 4.78 is 16.9. The smallest absolute Gasteiger partial charge is 0.306 e. The molecule has 0 spiro atoms. The fourth-order valence-corrected chi connectivity index (χ4v) is 8.92. The fourth-order valence-electron chi connectivity index (χ4n) is 8.92. The van der Waals surface area contributed by atoms with Gasteiger partial charge in [-0.05, 0) is 25.2 Å². The van der Waals surface area contributed by atoms with Crippen molar-refractivity contribution < 1.29 is 28.6 Å². The lowest BCUT2D eigenvalue weighted by Crippen LogP contribution is -2.30. The number of hydrogen-bond donors (Lipinski definition) is 0. The summed E-state index contributed by atoms with van der Waals surface area (Å²) in [5.41, 5.74) is 0. The third kappa shape index (κ3) is 51.4. The third-order valence-corrected chi connectivity index (χ3v) is 13.3. The number of hydrogen-bond acceptors (Lipinski definition) is 6. The van der Waals surface area contributed by atoms with Gasteiger partial charge in [0.15, 0.2) is 6.10 Å². The molecule has 6 heteroatoms. The number of carbonyl (C=O) groups is 3. The molecule has 0 aromatic heterocycles. The molecule has 380 valence electrons. The van der Waals surface area contributed by atoms with Crippen molar-refractivity contribution in [3.05, 3.63) is 0 Å². The minimum atomic E-state index is -0.761. The van der Waals surface area contributed by atoms with E-state index in [4.69, 9.17) is 14.2 Å². The molecule has 0 fully saturated rings. The van der Waals surface area contributed by atoms with Crippen LogP contribution in [0.3, 0.4) is 0 Å². The second kappa shape index (κ2) is 52.4. The number of esters is 3. The van der Waals surface area contributed by atoms with E-state index in [2.05, 4.69) is 27.7 Å². The summed E-state index contributed by atoms with van der Waals surface area (Å²) >= 11 is 0. The average Bonchev–Trinajstić information content (AvgIpc) is 3.28. The van der Waals surface area contributed by atoms with E-state index in [1.807, 2.05) is 0 Å². The summed E-state index contributed by atoms with van der Waals surface area (Å²) in [6.07, 6.45) is 56.6. The lowest BCUT2D eigenvalue weighted by Gasteiger charge is -2.18. The highest BCUT2D eigenvalue weighted by Gasteiger charge is 2.19. The molecule has 6 nitrogen and oxygen atoms in total. The van der Waals surface area contributed by atoms with Crippen LogP contribution < -0.4 is 0 Å². The zero-order valence-corrected chi connectivity index (χ0v) is 43.8. The van der Waals surface area contributed by atoms with Gasteiger partial charge in [-0.1, -0.05) is 291 Å². The summed E-state index contributed by atoms with van der Waals surface area (Å²) in [5.74, 6) is 0.0139. The second-order valence-corrected chi connectivity index (χ2v) is 20.4. The highest BCUT2D eigenvalue weighted by atomic mass is 16.6. The molecule has 0 aromatic carbocycles. The Hall–Kier alpha value is -1.59. The van der Waals surface area contributed by atoms with E-state index in [0.29, 0.717) is 19.3 Å². The Morgan fingerprint density at radius 1 is 0.297 bits per heavy atom. The van der Waals surface area contributed by atoms with Gasteiger partial charge in [0, 0.05) is 19.3 Å². The molecule has 0 aliphatic heterocycles. The van der Waals surface area contributed by atoms with E-state index >= 15 is 0 Å². The predicted molar refractivity (Wildman–Crippen MR) is 275 cm³/mol. The monoisotopic (exact) mass is 905 g/mol. The molecule has 0 amide bonds. The summed E-state index contributed by atoms with van der Waals surface area (Å²) in [6, 6.07) is 0. The fraction of sp³-hybridized carbons (Fsp3) is 0.948. The first-order valence-electron chi connectivity index (χ1n) is 28.9. The molecule has 0 N–H and O–H groups in total. The van der Waals surface area contributed by atoms with Gasteiger partial charge in [0.05, 0.1) is 0 Å². The second-order valence-electron chi connectivity index (χ2n) is 20.4. The van der Waals surface area contributed by atoms with Crippen molar-refractivity contribution in [2.24, 2.45) is 5.92 Å². The van der Waals surface area contributed by atoms with Crippen molar-refractivity contribution >= 4 is 17.9 Å². The Labute approximate surface area is 399 Å². The van der Waals surface area contributed by atoms with E-state index in [1.165, 1.54) is 225 Å². The first-order chi connectivity index (χ1) is 31.4. The highest BCUT2D eigenvalue weighted by molar-refractivity contribution is 5.71. The van der Waals surface area contributed by atoms with Crippen LogP contribution in [0.4, 0.5) is 0 Å². The molecule has 0 aliphatic rings. The van der Waals surface area contributed by atoms with E-state index < -0.39 is 6.10 Å². The Bertz CT molecular complexity index is 964. The van der Waals surface area contributed by atoms with Crippen molar-refractivity contribution in [3.63, 3.8) is 0 Å². The van der Waals surface area contributed by atoms with Crippen LogP contribution in [0.15, 0.2) is 0 Å². The molecule has 0 bridgehead atoms. The van der Waals surface area contributed by atoms with E-state index in [-0.39, 0.29) is 31.1 Å². The Morgan fingerprint density at radius 3 is 0.766 bits per heavy atom. The van der Waals surface area contributed by atoms with Crippen molar-refractivity contribution in [1.82, 2.24) is 0 Å². The molecule has 64 heavy (non-hydrogen) atoms. The summed E-state index contributed by atoms with van der Waals surface area (Å²) in [5, 5.41) is 0. The topological polar surface area (TPSA) is 78.9 Å². The van der Waals surface area contributed by atoms with Crippen LogP contribution in [0.25, 0.3) is 0 Å². The molecule has 0 aliphatic carbocycles. The van der Waals surface area contributed by atoms with Crippen LogP contribution in [-0.4, -0.2) is 37.2 Å². The van der Waals surface area contributed by atoms with Crippen LogP contribution in [0.1, 0.15) is 329 Å². The first kappa shape index (κ1) is 62.4. The van der Waals surface area contributed by atoms with Crippen LogP contribution in [0, 0.1) is 5.92 Å². The molecule has 0 unspecified atom stereocenters. The number of unbranched alkanes of at least 4 members (excludes halogenated alkanes) is 40. The maximum Gasteiger partial charge on any atom is 0.306 e. The van der Waals surface area contributed by atoms with Crippen LogP contribution >= 0.6 is 0 Å². The van der Waals surface area contributed by atoms with Gasteiger partial charge in [-0.3, -0.25) is 14.4 Å². The molecule has 0 rings (SSSR count). The van der Waals surface area contributed by atoms with Crippen molar-refractivity contribution in [2.75, 3.05) is 13.2 Å². The maximum atomic E-state index is 12.8. The van der Waals surface area contributed by atoms with Crippen molar-refractivity contribution in [3.8, 4) is 0 Å². The van der Waals surface area contributed by atoms with Crippen LogP contribution in [0.2, 0.25) is 0 Å². The SMILES string of the molecule is CCCCCCCCCCCCCCCCCCC(=O)O[C@H](COC(=O)CCCCCCCCCCCCCC)COC(=O)CCCCCCCCCCCCCCCCCC(C)C. The Morgan fingerprint density at radius 2 is 0.516 bits per heavy atom. The molecular formula is C58H112O6. The standard InChI is InChI=1S/C58H112O6/c1-5-7-9-11-13-15-17-19-20-23-27-31-35-39-43-47-51-58(61)64-55(52-62-56(59)49-45-41-37-33-29-18-16-14-12-10-8-6-2)53-63-57(60)50-46-42-38-34-30-26-24-21-22-25-28-32-36-40-44-48-54(3)4/h54-55H,5-53H2,1-4H3/t55-/m1/s1. The molecule has 0 aromatic rings. The van der Waals surface area contributed by atoms with Crippen LogP contribution in [-0.2, 0) is 28.6 Å². The van der Waals surface area contributed by atoms with E-state index in [9.17, 15) is 14.4 Å². The minimum Gasteiger partial charge on any atom is -0.462 e. The van der Waals surface area contributed by atoms with Gasteiger partial charge in [0.2, 0.25) is 0 Å². The normalized spacial score (nSPS) is 12.0. The molecule has 1 atom stereocenters. The van der Waals surface area contributed by atoms with Crippen LogP contribution in [0.5, 0.6) is 0 Å². The Kier molecular flexibility index (Phi) is 51.1. The van der Waals surface area contributed by atoms with E-state index in [1.54, 1.807) is 0 Å². The highest BCUT2D eigenvalue weighted by Crippen LogP contribution is 2.18. The molecule has 0 saturated heterocycles. The lowest BCUT2D eigenvalue weighted by molar-refractivity contribution is -0.167. The molecule has 0 heterocycles. The van der Waals surface area contributed by atoms with Gasteiger partial charge in [-0.25, -0.2) is 0 Å². The average molecular weight is 906 g/mol. The van der Waals surface area contributed by atoms with Crippen molar-refractivity contribution in [2.45, 2.75) is 336 Å². The van der Waals surface area contributed by atoms with Gasteiger partial charge in [-0.2, -0.15) is 0 Å². The third-order valence-electron chi connectivity index (χ3n) is 13.3. The number of carbonyl (C=O) groups excluding carboxylic acids is 3. The zero-order chi connectivity index (χ0) is 46.7.